The molecule has 2 heterocycles. The van der Waals surface area contributed by atoms with E-state index < -0.39 is 37.3 Å². The van der Waals surface area contributed by atoms with Crippen LogP contribution in [0.15, 0.2) is 18.2 Å². The van der Waals surface area contributed by atoms with E-state index in [4.69, 9.17) is 4.74 Å². The molecule has 0 saturated heterocycles. The summed E-state index contributed by atoms with van der Waals surface area (Å²) in [6.45, 7) is 0.462. The van der Waals surface area contributed by atoms with E-state index in [1.165, 1.54) is 28.6 Å². The Morgan fingerprint density at radius 2 is 1.95 bits per heavy atom. The summed E-state index contributed by atoms with van der Waals surface area (Å²) < 4.78 is 81.4. The van der Waals surface area contributed by atoms with Gasteiger partial charge in [-0.15, -0.1) is 0 Å². The second-order valence-electron chi connectivity index (χ2n) is 8.80. The van der Waals surface area contributed by atoms with Gasteiger partial charge in [-0.2, -0.15) is 43.2 Å². The molecule has 0 radical (unpaired) electrons. The molecule has 210 valence electrons. The van der Waals surface area contributed by atoms with E-state index in [2.05, 4.69) is 15.7 Å². The number of amides is 2. The molecular weight excluding hydrogens is 538 g/mol. The molecule has 14 heteroatoms. The Morgan fingerprint density at radius 1 is 1.21 bits per heavy atom. The van der Waals surface area contributed by atoms with Crippen molar-refractivity contribution in [1.29, 1.82) is 0 Å². The summed E-state index contributed by atoms with van der Waals surface area (Å²) in [7, 11) is 0. The number of aromatic nitrogens is 2. The molecule has 0 fully saturated rings. The summed E-state index contributed by atoms with van der Waals surface area (Å²) in [6, 6.07) is 3.94. The number of nitrogens with one attached hydrogen (secondary N) is 2. The van der Waals surface area contributed by atoms with Crippen molar-refractivity contribution in [2.75, 3.05) is 23.9 Å². The highest BCUT2D eigenvalue weighted by Crippen LogP contribution is 2.34. The molecule has 1 aliphatic rings. The number of hydrogen-bond donors (Lipinski definition) is 2. The number of carbonyl (C=O) groups excluding carboxylic acids is 2. The molecule has 0 aliphatic carbocycles. The number of aryl methyl sites for hydroxylation is 2. The SMILES string of the molecule is CCc1cc(OCC(F)(F)F)ccc1C1Cc2nn(CCCCC(F)(F)F)c(NC(=O)CSC)c2C(=O)N1. The molecule has 1 atom stereocenters. The third-order valence-corrected chi connectivity index (χ3v) is 6.39. The molecule has 2 N–H and O–H groups in total. The molecule has 0 bridgehead atoms. The first-order chi connectivity index (χ1) is 17.8. The van der Waals surface area contributed by atoms with Gasteiger partial charge in [-0.3, -0.25) is 9.59 Å². The van der Waals surface area contributed by atoms with Crippen LogP contribution in [-0.2, 0) is 24.2 Å². The van der Waals surface area contributed by atoms with Crippen molar-refractivity contribution in [1.82, 2.24) is 15.1 Å². The molecule has 2 amide bonds. The summed E-state index contributed by atoms with van der Waals surface area (Å²) in [5.74, 6) is -0.603. The Bertz CT molecular complexity index is 1150. The summed E-state index contributed by atoms with van der Waals surface area (Å²) in [6.07, 6.45) is -7.30. The third kappa shape index (κ3) is 8.05. The molecule has 2 aromatic rings. The molecule has 0 spiro atoms. The minimum atomic E-state index is -4.48. The number of rotatable bonds is 11. The van der Waals surface area contributed by atoms with Crippen molar-refractivity contribution in [3.8, 4) is 5.75 Å². The normalized spacial score (nSPS) is 15.7. The summed E-state index contributed by atoms with van der Waals surface area (Å²) >= 11 is 1.27. The Kier molecular flexibility index (Phi) is 9.60. The van der Waals surface area contributed by atoms with Gasteiger partial charge in [0.05, 0.1) is 17.5 Å². The largest absolute Gasteiger partial charge is 0.484 e. The number of benzene rings is 1. The molecule has 7 nitrogen and oxygen atoms in total. The fraction of sp³-hybridized carbons (Fsp3) is 0.542. The highest BCUT2D eigenvalue weighted by Gasteiger charge is 2.34. The van der Waals surface area contributed by atoms with E-state index in [0.29, 0.717) is 23.2 Å². The number of hydrogen-bond acceptors (Lipinski definition) is 5. The summed E-state index contributed by atoms with van der Waals surface area (Å²) in [5.41, 5.74) is 1.88. The molecule has 38 heavy (non-hydrogen) atoms. The number of ether oxygens (including phenoxy) is 1. The molecule has 3 rings (SSSR count). The van der Waals surface area contributed by atoms with Crippen LogP contribution >= 0.6 is 11.8 Å². The number of fused-ring (bicyclic) bond motifs is 1. The van der Waals surface area contributed by atoms with Crippen molar-refractivity contribution in [3.63, 3.8) is 0 Å². The molecule has 1 aromatic heterocycles. The third-order valence-electron chi connectivity index (χ3n) is 5.84. The maximum atomic E-state index is 13.2. The van der Waals surface area contributed by atoms with Crippen molar-refractivity contribution >= 4 is 29.4 Å². The fourth-order valence-corrected chi connectivity index (χ4v) is 4.55. The highest BCUT2D eigenvalue weighted by atomic mass is 32.2. The van der Waals surface area contributed by atoms with Gasteiger partial charge in [0.1, 0.15) is 17.1 Å². The Balaban J connectivity index is 1.86. The quantitative estimate of drug-likeness (QED) is 0.279. The topological polar surface area (TPSA) is 85.2 Å². The second-order valence-corrected chi connectivity index (χ2v) is 9.66. The molecule has 0 saturated carbocycles. The number of halogens is 6. The minimum Gasteiger partial charge on any atom is -0.484 e. The van der Waals surface area contributed by atoms with E-state index in [1.54, 1.807) is 12.3 Å². The van der Waals surface area contributed by atoms with Gasteiger partial charge in [0.2, 0.25) is 5.91 Å². The van der Waals surface area contributed by atoms with Crippen molar-refractivity contribution in [2.24, 2.45) is 0 Å². The fourth-order valence-electron chi connectivity index (χ4n) is 4.21. The van der Waals surface area contributed by atoms with Gasteiger partial charge in [0.25, 0.3) is 5.91 Å². The Morgan fingerprint density at radius 3 is 2.58 bits per heavy atom. The minimum absolute atomic E-state index is 0.0488. The zero-order valence-electron chi connectivity index (χ0n) is 20.8. The Hall–Kier alpha value is -2.90. The van der Waals surface area contributed by atoms with Crippen LogP contribution in [-0.4, -0.2) is 52.6 Å². The van der Waals surface area contributed by atoms with Crippen LogP contribution in [0.4, 0.5) is 32.2 Å². The van der Waals surface area contributed by atoms with E-state index in [-0.39, 0.29) is 54.6 Å². The first-order valence-electron chi connectivity index (χ1n) is 11.9. The van der Waals surface area contributed by atoms with Crippen molar-refractivity contribution in [2.45, 2.75) is 64.0 Å². The van der Waals surface area contributed by atoms with Gasteiger partial charge in [-0.05, 0) is 48.8 Å². The lowest BCUT2D eigenvalue weighted by atomic mass is 9.91. The maximum absolute atomic E-state index is 13.2. The average molecular weight is 567 g/mol. The van der Waals surface area contributed by atoms with Crippen LogP contribution in [0.25, 0.3) is 0 Å². The predicted molar refractivity (Wildman–Crippen MR) is 130 cm³/mol. The van der Waals surface area contributed by atoms with E-state index in [9.17, 15) is 35.9 Å². The first-order valence-corrected chi connectivity index (χ1v) is 13.3. The van der Waals surface area contributed by atoms with Gasteiger partial charge in [-0.1, -0.05) is 13.0 Å². The van der Waals surface area contributed by atoms with E-state index in [1.807, 2.05) is 6.92 Å². The number of unbranched alkanes of at least 4 members (excludes halogenated alkanes) is 1. The zero-order valence-corrected chi connectivity index (χ0v) is 21.6. The Labute approximate surface area is 219 Å². The number of nitrogens with zero attached hydrogens (tertiary/aromatic N) is 2. The molecule has 1 unspecified atom stereocenters. The van der Waals surface area contributed by atoms with Gasteiger partial charge in [0, 0.05) is 19.4 Å². The van der Waals surface area contributed by atoms with Gasteiger partial charge in [0.15, 0.2) is 6.61 Å². The molecule has 1 aliphatic heterocycles. The van der Waals surface area contributed by atoms with Gasteiger partial charge < -0.3 is 15.4 Å². The molecular formula is C24H28F6N4O3S. The van der Waals surface area contributed by atoms with E-state index in [0.717, 1.165) is 0 Å². The van der Waals surface area contributed by atoms with E-state index >= 15 is 0 Å². The number of carbonyl (C=O) groups is 2. The first kappa shape index (κ1) is 29.7. The van der Waals surface area contributed by atoms with Crippen LogP contribution in [0.2, 0.25) is 0 Å². The van der Waals surface area contributed by atoms with Crippen LogP contribution in [0.1, 0.15) is 59.4 Å². The van der Waals surface area contributed by atoms with Crippen LogP contribution in [0, 0.1) is 0 Å². The van der Waals surface area contributed by atoms with Gasteiger partial charge in [-0.25, -0.2) is 4.68 Å². The lowest BCUT2D eigenvalue weighted by Crippen LogP contribution is -2.36. The van der Waals surface area contributed by atoms with Crippen molar-refractivity contribution in [3.05, 3.63) is 40.6 Å². The smallest absolute Gasteiger partial charge is 0.422 e. The zero-order chi connectivity index (χ0) is 28.1. The monoisotopic (exact) mass is 566 g/mol. The highest BCUT2D eigenvalue weighted by molar-refractivity contribution is 7.99. The number of thioether (sulfide) groups is 1. The summed E-state index contributed by atoms with van der Waals surface area (Å²) in [4.78, 5) is 25.5. The second kappa shape index (κ2) is 12.3. The lowest BCUT2D eigenvalue weighted by Gasteiger charge is -2.26. The standard InChI is InChI=1S/C24H28F6N4O3S/c1-3-14-10-15(37-13-24(28,29)30)6-7-16(14)17-11-18-20(22(36)31-17)21(32-19(35)12-38-2)34(33-18)9-5-4-8-23(25,26)27/h6-7,10,17H,3-5,8-9,11-13H2,1-2H3,(H,31,36)(H,32,35). The maximum Gasteiger partial charge on any atom is 0.422 e. The lowest BCUT2D eigenvalue weighted by molar-refractivity contribution is -0.153. The average Bonchev–Trinajstić information content (AvgIpc) is 3.16. The van der Waals surface area contributed by atoms with Crippen LogP contribution in [0.5, 0.6) is 5.75 Å². The number of alkyl halides is 6. The van der Waals surface area contributed by atoms with Gasteiger partial charge >= 0.3 is 12.4 Å². The number of anilines is 1. The molecule has 1 aromatic carbocycles. The predicted octanol–water partition coefficient (Wildman–Crippen LogP) is 5.45. The van der Waals surface area contributed by atoms with Crippen LogP contribution in [0.3, 0.4) is 0 Å². The summed E-state index contributed by atoms with van der Waals surface area (Å²) in [5, 5.41) is 9.99. The van der Waals surface area contributed by atoms with Crippen molar-refractivity contribution < 1.29 is 40.7 Å². The van der Waals surface area contributed by atoms with Crippen LogP contribution < -0.4 is 15.4 Å².